The van der Waals surface area contributed by atoms with E-state index in [0.717, 1.165) is 31.8 Å². The summed E-state index contributed by atoms with van der Waals surface area (Å²) in [7, 11) is 0. The molecule has 1 aliphatic rings. The van der Waals surface area contributed by atoms with Crippen LogP contribution in [0.2, 0.25) is 0 Å². The van der Waals surface area contributed by atoms with E-state index in [1.54, 1.807) is 19.1 Å². The topological polar surface area (TPSA) is 66.6 Å². The summed E-state index contributed by atoms with van der Waals surface area (Å²) in [5.74, 6) is 0.738. The first-order chi connectivity index (χ1) is 9.52. The Morgan fingerprint density at radius 1 is 1.45 bits per heavy atom. The summed E-state index contributed by atoms with van der Waals surface area (Å²) < 4.78 is 0. The zero-order valence-electron chi connectivity index (χ0n) is 12.1. The number of piperidine rings is 1. The van der Waals surface area contributed by atoms with Gasteiger partial charge in [0.2, 0.25) is 0 Å². The van der Waals surface area contributed by atoms with Crippen molar-refractivity contribution in [2.45, 2.75) is 39.2 Å². The predicted octanol–water partition coefficient (Wildman–Crippen LogP) is 3.27. The number of nitrogens with zero attached hydrogens (tertiary/aromatic N) is 2. The molecule has 0 saturated carbocycles. The van der Waals surface area contributed by atoms with Crippen LogP contribution < -0.4 is 4.90 Å². The smallest absolute Gasteiger partial charge is 0.292 e. The third-order valence-corrected chi connectivity index (χ3v) is 4.21. The van der Waals surface area contributed by atoms with Crippen LogP contribution >= 0.6 is 0 Å². The zero-order chi connectivity index (χ0) is 14.7. The largest absolute Gasteiger partial charge is 0.389 e. The van der Waals surface area contributed by atoms with Gasteiger partial charge in [0, 0.05) is 19.2 Å². The third kappa shape index (κ3) is 3.10. The van der Waals surface area contributed by atoms with Crippen LogP contribution in [-0.2, 0) is 0 Å². The zero-order valence-corrected chi connectivity index (χ0v) is 12.1. The van der Waals surface area contributed by atoms with Crippen LogP contribution in [-0.4, -0.2) is 23.1 Å². The van der Waals surface area contributed by atoms with Crippen molar-refractivity contribution in [3.8, 4) is 0 Å². The first-order valence-electron chi connectivity index (χ1n) is 7.24. The lowest BCUT2D eigenvalue weighted by molar-refractivity contribution is -0.384. The van der Waals surface area contributed by atoms with Crippen LogP contribution in [0.25, 0.3) is 0 Å². The Kier molecular flexibility index (Phi) is 4.60. The summed E-state index contributed by atoms with van der Waals surface area (Å²) in [5.41, 5.74) is 1.36. The summed E-state index contributed by atoms with van der Waals surface area (Å²) in [6, 6.07) is 5.04. The van der Waals surface area contributed by atoms with Crippen LogP contribution in [0, 0.1) is 16.0 Å². The minimum absolute atomic E-state index is 0.0957. The van der Waals surface area contributed by atoms with Crippen molar-refractivity contribution in [1.82, 2.24) is 0 Å². The van der Waals surface area contributed by atoms with E-state index < -0.39 is 6.10 Å². The number of rotatable bonds is 4. The number of aliphatic hydroxyl groups excluding tert-OH is 1. The highest BCUT2D eigenvalue weighted by Crippen LogP contribution is 2.34. The van der Waals surface area contributed by atoms with Crippen molar-refractivity contribution in [3.63, 3.8) is 0 Å². The summed E-state index contributed by atoms with van der Waals surface area (Å²) in [6.07, 6.45) is 2.67. The molecule has 1 aromatic carbocycles. The lowest BCUT2D eigenvalue weighted by Gasteiger charge is -2.33. The normalized spacial score (nSPS) is 18.1. The van der Waals surface area contributed by atoms with Crippen molar-refractivity contribution < 1.29 is 10.0 Å². The second-order valence-electron chi connectivity index (χ2n) is 5.52. The molecule has 1 heterocycles. The first kappa shape index (κ1) is 14.8. The van der Waals surface area contributed by atoms with Crippen molar-refractivity contribution >= 4 is 11.4 Å². The fourth-order valence-corrected chi connectivity index (χ4v) is 2.80. The maximum absolute atomic E-state index is 11.3. The second kappa shape index (κ2) is 6.22. The van der Waals surface area contributed by atoms with E-state index in [9.17, 15) is 15.2 Å². The molecule has 0 spiro atoms. The summed E-state index contributed by atoms with van der Waals surface area (Å²) in [4.78, 5) is 13.0. The number of nitro groups is 1. The molecule has 5 nitrogen and oxygen atoms in total. The van der Waals surface area contributed by atoms with Gasteiger partial charge in [-0.1, -0.05) is 19.4 Å². The molecule has 1 fully saturated rings. The molecule has 20 heavy (non-hydrogen) atoms. The molecule has 1 unspecified atom stereocenters. The molecule has 0 bridgehead atoms. The first-order valence-corrected chi connectivity index (χ1v) is 7.24. The maximum atomic E-state index is 11.3. The summed E-state index contributed by atoms with van der Waals surface area (Å²) in [5, 5.41) is 20.8. The highest BCUT2D eigenvalue weighted by Gasteiger charge is 2.24. The van der Waals surface area contributed by atoms with E-state index >= 15 is 0 Å². The Labute approximate surface area is 119 Å². The molecule has 5 heteroatoms. The average Bonchev–Trinajstić information content (AvgIpc) is 2.46. The van der Waals surface area contributed by atoms with Gasteiger partial charge in [-0.25, -0.2) is 0 Å². The lowest BCUT2D eigenvalue weighted by atomic mass is 9.94. The average molecular weight is 278 g/mol. The van der Waals surface area contributed by atoms with Crippen LogP contribution in [0.4, 0.5) is 11.4 Å². The fraction of sp³-hybridized carbons (Fsp3) is 0.600. The number of anilines is 1. The van der Waals surface area contributed by atoms with Crippen molar-refractivity contribution in [2.24, 2.45) is 5.92 Å². The standard InChI is InChI=1S/C15H22N2O3/c1-3-12-6-8-16(9-7-12)14-5-4-13(11(2)18)10-15(14)17(19)20/h4-5,10-12,18H,3,6-9H2,1-2H3. The van der Waals surface area contributed by atoms with Gasteiger partial charge < -0.3 is 10.0 Å². The second-order valence-corrected chi connectivity index (χ2v) is 5.52. The van der Waals surface area contributed by atoms with Gasteiger partial charge in [-0.2, -0.15) is 0 Å². The summed E-state index contributed by atoms with van der Waals surface area (Å²) >= 11 is 0. The molecule has 2 rings (SSSR count). The van der Waals surface area contributed by atoms with Crippen molar-refractivity contribution in [3.05, 3.63) is 33.9 Å². The molecular weight excluding hydrogens is 256 g/mol. The van der Waals surface area contributed by atoms with Gasteiger partial charge in [-0.05, 0) is 37.3 Å². The number of aliphatic hydroxyl groups is 1. The SMILES string of the molecule is CCC1CCN(c2ccc(C(C)O)cc2[N+](=O)[O-])CC1. The van der Waals surface area contributed by atoms with Gasteiger partial charge in [0.05, 0.1) is 11.0 Å². The highest BCUT2D eigenvalue weighted by molar-refractivity contribution is 5.64. The molecular formula is C15H22N2O3. The van der Waals surface area contributed by atoms with Gasteiger partial charge >= 0.3 is 0 Å². The van der Waals surface area contributed by atoms with Crippen LogP contribution in [0.15, 0.2) is 18.2 Å². The molecule has 0 aliphatic carbocycles. The monoisotopic (exact) mass is 278 g/mol. The molecule has 1 aliphatic heterocycles. The molecule has 0 aromatic heterocycles. The van der Waals surface area contributed by atoms with Crippen molar-refractivity contribution in [1.29, 1.82) is 0 Å². The van der Waals surface area contributed by atoms with Gasteiger partial charge in [0.15, 0.2) is 0 Å². The van der Waals surface area contributed by atoms with Gasteiger partial charge in [0.1, 0.15) is 5.69 Å². The maximum Gasteiger partial charge on any atom is 0.292 e. The summed E-state index contributed by atoms with van der Waals surface area (Å²) in [6.45, 7) is 5.55. The number of hydrogen-bond acceptors (Lipinski definition) is 4. The van der Waals surface area contributed by atoms with E-state index in [1.807, 2.05) is 0 Å². The van der Waals surface area contributed by atoms with E-state index in [-0.39, 0.29) is 10.6 Å². The molecule has 1 saturated heterocycles. The Bertz CT molecular complexity index is 480. The van der Waals surface area contributed by atoms with Gasteiger partial charge in [-0.3, -0.25) is 10.1 Å². The third-order valence-electron chi connectivity index (χ3n) is 4.21. The Morgan fingerprint density at radius 3 is 2.60 bits per heavy atom. The lowest BCUT2D eigenvalue weighted by Crippen LogP contribution is -2.33. The van der Waals surface area contributed by atoms with Crippen molar-refractivity contribution in [2.75, 3.05) is 18.0 Å². The molecule has 110 valence electrons. The van der Waals surface area contributed by atoms with Crippen LogP contribution in [0.1, 0.15) is 44.8 Å². The van der Waals surface area contributed by atoms with E-state index in [4.69, 9.17) is 0 Å². The van der Waals surface area contributed by atoms with Gasteiger partial charge in [0.25, 0.3) is 5.69 Å². The van der Waals surface area contributed by atoms with E-state index in [2.05, 4.69) is 11.8 Å². The van der Waals surface area contributed by atoms with Crippen LogP contribution in [0.5, 0.6) is 0 Å². The minimum Gasteiger partial charge on any atom is -0.389 e. The molecule has 1 atom stereocenters. The predicted molar refractivity (Wildman–Crippen MR) is 79.0 cm³/mol. The minimum atomic E-state index is -0.687. The molecule has 1 N–H and O–H groups in total. The van der Waals surface area contributed by atoms with E-state index in [0.29, 0.717) is 11.3 Å². The van der Waals surface area contributed by atoms with Gasteiger partial charge in [-0.15, -0.1) is 0 Å². The van der Waals surface area contributed by atoms with E-state index in [1.165, 1.54) is 12.5 Å². The highest BCUT2D eigenvalue weighted by atomic mass is 16.6. The molecule has 0 amide bonds. The quantitative estimate of drug-likeness (QED) is 0.678. The number of nitro benzene ring substituents is 1. The number of hydrogen-bond donors (Lipinski definition) is 1. The Morgan fingerprint density at radius 2 is 2.10 bits per heavy atom. The van der Waals surface area contributed by atoms with Crippen LogP contribution in [0.3, 0.4) is 0 Å². The molecule has 1 aromatic rings. The Balaban J connectivity index is 2.25. The number of benzene rings is 1. The fourth-order valence-electron chi connectivity index (χ4n) is 2.80. The molecule has 0 radical (unpaired) electrons. The Hall–Kier alpha value is -1.62.